The van der Waals surface area contributed by atoms with Gasteiger partial charge in [-0.3, -0.25) is 9.59 Å². The van der Waals surface area contributed by atoms with E-state index in [1.165, 1.54) is 0 Å². The summed E-state index contributed by atoms with van der Waals surface area (Å²) < 4.78 is 5.99. The summed E-state index contributed by atoms with van der Waals surface area (Å²) in [6.45, 7) is 6.39. The highest BCUT2D eigenvalue weighted by molar-refractivity contribution is 5.88. The quantitative estimate of drug-likeness (QED) is 0.471. The Hall–Kier alpha value is -3.60. The molecule has 0 saturated heterocycles. The largest absolute Gasteiger partial charge is 0.483 e. The van der Waals surface area contributed by atoms with Crippen LogP contribution < -0.4 is 10.1 Å². The van der Waals surface area contributed by atoms with Crippen molar-refractivity contribution in [3.63, 3.8) is 0 Å². The Labute approximate surface area is 202 Å². The van der Waals surface area contributed by atoms with Gasteiger partial charge < -0.3 is 15.0 Å². The molecule has 5 nitrogen and oxygen atoms in total. The molecule has 0 aliphatic rings. The monoisotopic (exact) mass is 458 g/mol. The molecule has 3 rings (SSSR count). The van der Waals surface area contributed by atoms with E-state index in [1.807, 2.05) is 85.8 Å². The second-order valence-corrected chi connectivity index (χ2v) is 8.81. The Morgan fingerprint density at radius 2 is 1.53 bits per heavy atom. The normalized spacial score (nSPS) is 11.7. The van der Waals surface area contributed by atoms with Crippen LogP contribution in [0.4, 0.5) is 0 Å². The first-order valence-electron chi connectivity index (χ1n) is 11.7. The van der Waals surface area contributed by atoms with E-state index in [4.69, 9.17) is 4.74 Å². The van der Waals surface area contributed by atoms with Crippen LogP contribution in [0, 0.1) is 6.92 Å². The van der Waals surface area contributed by atoms with Gasteiger partial charge in [-0.25, -0.2) is 0 Å². The molecule has 1 unspecified atom stereocenters. The molecule has 3 aromatic carbocycles. The van der Waals surface area contributed by atoms with Gasteiger partial charge in [0.25, 0.3) is 5.91 Å². The number of hydrogen-bond donors (Lipinski definition) is 1. The number of benzene rings is 3. The van der Waals surface area contributed by atoms with E-state index in [2.05, 4.69) is 19.2 Å². The molecular formula is C29H34N2O3. The predicted molar refractivity (Wildman–Crippen MR) is 136 cm³/mol. The van der Waals surface area contributed by atoms with Gasteiger partial charge in [0.05, 0.1) is 0 Å². The zero-order valence-corrected chi connectivity index (χ0v) is 20.5. The lowest BCUT2D eigenvalue weighted by molar-refractivity contribution is -0.142. The highest BCUT2D eigenvalue weighted by atomic mass is 16.5. The molecule has 2 amide bonds. The number of hydrogen-bond acceptors (Lipinski definition) is 3. The molecule has 0 spiro atoms. The summed E-state index contributed by atoms with van der Waals surface area (Å²) in [6.07, 6.45) is 0.417. The summed E-state index contributed by atoms with van der Waals surface area (Å²) in [5, 5.41) is 2.74. The van der Waals surface area contributed by atoms with Crippen LogP contribution in [0.5, 0.6) is 5.75 Å². The van der Waals surface area contributed by atoms with E-state index >= 15 is 0 Å². The number of para-hydroxylation sites is 1. The fourth-order valence-electron chi connectivity index (χ4n) is 3.92. The predicted octanol–water partition coefficient (Wildman–Crippen LogP) is 4.88. The number of amides is 2. The zero-order valence-electron chi connectivity index (χ0n) is 20.5. The summed E-state index contributed by atoms with van der Waals surface area (Å²) in [7, 11) is 1.60. The minimum absolute atomic E-state index is 0.141. The maximum absolute atomic E-state index is 13.5. The Balaban J connectivity index is 1.88. The van der Waals surface area contributed by atoms with Crippen molar-refractivity contribution in [1.82, 2.24) is 10.2 Å². The Bertz CT molecular complexity index is 1080. The molecule has 0 fully saturated rings. The van der Waals surface area contributed by atoms with Crippen molar-refractivity contribution in [3.8, 4) is 5.75 Å². The summed E-state index contributed by atoms with van der Waals surface area (Å²) in [6, 6.07) is 24.9. The molecule has 0 aliphatic heterocycles. The summed E-state index contributed by atoms with van der Waals surface area (Å²) in [4.78, 5) is 28.2. The minimum Gasteiger partial charge on any atom is -0.483 e. The second kappa shape index (κ2) is 12.0. The number of likely N-dealkylation sites (N-methyl/N-ethyl adjacent to an activating group) is 1. The Morgan fingerprint density at radius 1 is 0.882 bits per heavy atom. The van der Waals surface area contributed by atoms with Gasteiger partial charge in [-0.1, -0.05) is 92.2 Å². The van der Waals surface area contributed by atoms with E-state index < -0.39 is 6.04 Å². The lowest BCUT2D eigenvalue weighted by Crippen LogP contribution is -2.51. The molecule has 1 atom stereocenters. The fraction of sp³-hybridized carbons (Fsp3) is 0.310. The highest BCUT2D eigenvalue weighted by Gasteiger charge is 2.30. The number of aryl methyl sites for hydroxylation is 1. The van der Waals surface area contributed by atoms with Gasteiger partial charge in [-0.2, -0.15) is 0 Å². The summed E-state index contributed by atoms with van der Waals surface area (Å²) in [5.41, 5.74) is 4.14. The van der Waals surface area contributed by atoms with Crippen molar-refractivity contribution in [2.45, 2.75) is 45.7 Å². The average Bonchev–Trinajstić information content (AvgIpc) is 2.86. The fourth-order valence-corrected chi connectivity index (χ4v) is 3.92. The number of nitrogens with one attached hydrogen (secondary N) is 1. The van der Waals surface area contributed by atoms with Gasteiger partial charge in [0.15, 0.2) is 6.61 Å². The first-order chi connectivity index (χ1) is 16.4. The van der Waals surface area contributed by atoms with E-state index in [9.17, 15) is 9.59 Å². The van der Waals surface area contributed by atoms with Crippen molar-refractivity contribution in [2.24, 2.45) is 0 Å². The molecule has 0 heterocycles. The SMILES string of the molecule is CNC(=O)C(Cc1ccccc1)N(Cc1ccc(C)cc1)C(=O)COc1ccccc1C(C)C. The lowest BCUT2D eigenvalue weighted by Gasteiger charge is -2.31. The second-order valence-electron chi connectivity index (χ2n) is 8.81. The van der Waals surface area contributed by atoms with Crippen LogP contribution in [0.25, 0.3) is 0 Å². The number of rotatable bonds is 10. The van der Waals surface area contributed by atoms with Crippen LogP contribution >= 0.6 is 0 Å². The molecule has 178 valence electrons. The van der Waals surface area contributed by atoms with Crippen molar-refractivity contribution < 1.29 is 14.3 Å². The molecule has 1 N–H and O–H groups in total. The van der Waals surface area contributed by atoms with Gasteiger partial charge in [0.1, 0.15) is 11.8 Å². The van der Waals surface area contributed by atoms with Crippen LogP contribution in [0.15, 0.2) is 78.9 Å². The van der Waals surface area contributed by atoms with E-state index in [1.54, 1.807) is 11.9 Å². The van der Waals surface area contributed by atoms with E-state index in [0.29, 0.717) is 18.7 Å². The first kappa shape index (κ1) is 25.0. The highest BCUT2D eigenvalue weighted by Crippen LogP contribution is 2.26. The summed E-state index contributed by atoms with van der Waals surface area (Å²) in [5.74, 6) is 0.530. The average molecular weight is 459 g/mol. The Kier molecular flexibility index (Phi) is 8.86. The third-order valence-electron chi connectivity index (χ3n) is 5.88. The molecule has 5 heteroatoms. The molecule has 34 heavy (non-hydrogen) atoms. The molecule has 3 aromatic rings. The molecule has 0 bridgehead atoms. The molecule has 0 aromatic heterocycles. The number of carbonyl (C=O) groups excluding carboxylic acids is 2. The minimum atomic E-state index is -0.662. The van der Waals surface area contributed by atoms with Crippen LogP contribution in [0.1, 0.15) is 42.0 Å². The Morgan fingerprint density at radius 3 is 2.18 bits per heavy atom. The molecule has 0 aliphatic carbocycles. The number of carbonyl (C=O) groups is 2. The van der Waals surface area contributed by atoms with Gasteiger partial charge >= 0.3 is 0 Å². The molecule has 0 saturated carbocycles. The van der Waals surface area contributed by atoms with Gasteiger partial charge in [-0.05, 0) is 35.6 Å². The van der Waals surface area contributed by atoms with Crippen LogP contribution in [0.3, 0.4) is 0 Å². The third-order valence-corrected chi connectivity index (χ3v) is 5.88. The van der Waals surface area contributed by atoms with Crippen molar-refractivity contribution in [3.05, 3.63) is 101 Å². The molecule has 0 radical (unpaired) electrons. The van der Waals surface area contributed by atoms with Crippen molar-refractivity contribution >= 4 is 11.8 Å². The third kappa shape index (κ3) is 6.70. The van der Waals surface area contributed by atoms with Crippen molar-refractivity contribution in [2.75, 3.05) is 13.7 Å². The lowest BCUT2D eigenvalue weighted by atomic mass is 10.0. The van der Waals surface area contributed by atoms with Gasteiger partial charge in [-0.15, -0.1) is 0 Å². The maximum atomic E-state index is 13.5. The van der Waals surface area contributed by atoms with Gasteiger partial charge in [0.2, 0.25) is 5.91 Å². The maximum Gasteiger partial charge on any atom is 0.261 e. The van der Waals surface area contributed by atoms with E-state index in [-0.39, 0.29) is 24.3 Å². The standard InChI is InChI=1S/C29H34N2O3/c1-21(2)25-12-8-9-13-27(25)34-20-28(32)31(19-24-16-14-22(3)15-17-24)26(29(33)30-4)18-23-10-6-5-7-11-23/h5-17,21,26H,18-20H2,1-4H3,(H,30,33). The van der Waals surface area contributed by atoms with Gasteiger partial charge in [0, 0.05) is 20.0 Å². The topological polar surface area (TPSA) is 58.6 Å². The van der Waals surface area contributed by atoms with Crippen LogP contribution in [-0.4, -0.2) is 36.4 Å². The van der Waals surface area contributed by atoms with Crippen molar-refractivity contribution in [1.29, 1.82) is 0 Å². The summed E-state index contributed by atoms with van der Waals surface area (Å²) >= 11 is 0. The smallest absolute Gasteiger partial charge is 0.261 e. The number of ether oxygens (including phenoxy) is 1. The first-order valence-corrected chi connectivity index (χ1v) is 11.7. The zero-order chi connectivity index (χ0) is 24.5. The van der Waals surface area contributed by atoms with E-state index in [0.717, 1.165) is 22.3 Å². The van der Waals surface area contributed by atoms with Crippen LogP contribution in [0.2, 0.25) is 0 Å². The molecular weight excluding hydrogens is 424 g/mol. The van der Waals surface area contributed by atoms with Crippen LogP contribution in [-0.2, 0) is 22.6 Å². The number of nitrogens with zero attached hydrogens (tertiary/aromatic N) is 1.